The average molecular weight is 286 g/mol. The molecule has 0 amide bonds. The fourth-order valence-corrected chi connectivity index (χ4v) is 2.08. The summed E-state index contributed by atoms with van der Waals surface area (Å²) >= 11 is 0. The summed E-state index contributed by atoms with van der Waals surface area (Å²) in [5, 5.41) is 8.68. The molecule has 0 spiro atoms. The van der Waals surface area contributed by atoms with Crippen LogP contribution in [0.1, 0.15) is 16.7 Å². The van der Waals surface area contributed by atoms with Crippen molar-refractivity contribution in [3.8, 4) is 5.75 Å². The standard InChI is InChI=1S/C17H18O4/c1-13-15(8-5-9-16(13)21-17(18)19)10-11-20-12-14-6-3-2-4-7-14/h2-9H,10-12H2,1H3,(H,18,19). The minimum atomic E-state index is -1.30. The highest BCUT2D eigenvalue weighted by Crippen LogP contribution is 2.22. The van der Waals surface area contributed by atoms with Crippen molar-refractivity contribution in [2.75, 3.05) is 6.61 Å². The van der Waals surface area contributed by atoms with Crippen LogP contribution >= 0.6 is 0 Å². The van der Waals surface area contributed by atoms with Crippen molar-refractivity contribution in [2.45, 2.75) is 20.0 Å². The Balaban J connectivity index is 1.87. The number of benzene rings is 2. The van der Waals surface area contributed by atoms with Crippen molar-refractivity contribution in [2.24, 2.45) is 0 Å². The van der Waals surface area contributed by atoms with Crippen LogP contribution in [-0.4, -0.2) is 17.9 Å². The van der Waals surface area contributed by atoms with Gasteiger partial charge in [-0.2, -0.15) is 0 Å². The lowest BCUT2D eigenvalue weighted by Crippen LogP contribution is -2.06. The normalized spacial score (nSPS) is 10.3. The molecule has 0 aliphatic carbocycles. The van der Waals surface area contributed by atoms with Gasteiger partial charge in [0.25, 0.3) is 0 Å². The van der Waals surface area contributed by atoms with E-state index in [1.54, 1.807) is 12.1 Å². The Morgan fingerprint density at radius 1 is 1.10 bits per heavy atom. The van der Waals surface area contributed by atoms with Crippen molar-refractivity contribution in [1.29, 1.82) is 0 Å². The molecule has 0 saturated carbocycles. The van der Waals surface area contributed by atoms with Crippen LogP contribution in [0, 0.1) is 6.92 Å². The fourth-order valence-electron chi connectivity index (χ4n) is 2.08. The summed E-state index contributed by atoms with van der Waals surface area (Å²) in [7, 11) is 0. The van der Waals surface area contributed by atoms with E-state index < -0.39 is 6.16 Å². The predicted octanol–water partition coefficient (Wildman–Crippen LogP) is 3.81. The Hall–Kier alpha value is -2.33. The van der Waals surface area contributed by atoms with Crippen LogP contribution in [0.5, 0.6) is 5.75 Å². The predicted molar refractivity (Wildman–Crippen MR) is 79.6 cm³/mol. The molecule has 21 heavy (non-hydrogen) atoms. The average Bonchev–Trinajstić information content (AvgIpc) is 2.48. The van der Waals surface area contributed by atoms with Crippen molar-refractivity contribution in [1.82, 2.24) is 0 Å². The Kier molecular flexibility index (Phi) is 5.35. The van der Waals surface area contributed by atoms with E-state index in [-0.39, 0.29) is 0 Å². The van der Waals surface area contributed by atoms with E-state index in [0.717, 1.165) is 23.1 Å². The van der Waals surface area contributed by atoms with Crippen LogP contribution in [0.3, 0.4) is 0 Å². The highest BCUT2D eigenvalue weighted by Gasteiger charge is 2.08. The molecular formula is C17H18O4. The van der Waals surface area contributed by atoms with Gasteiger partial charge in [0.15, 0.2) is 0 Å². The molecule has 0 radical (unpaired) electrons. The fraction of sp³-hybridized carbons (Fsp3) is 0.235. The first-order chi connectivity index (χ1) is 10.2. The summed E-state index contributed by atoms with van der Waals surface area (Å²) < 4.78 is 10.4. The Morgan fingerprint density at radius 3 is 2.57 bits per heavy atom. The van der Waals surface area contributed by atoms with Gasteiger partial charge in [-0.1, -0.05) is 42.5 Å². The number of carbonyl (C=O) groups is 1. The maximum atomic E-state index is 10.6. The van der Waals surface area contributed by atoms with Crippen LogP contribution in [0.2, 0.25) is 0 Å². The van der Waals surface area contributed by atoms with Crippen LogP contribution in [0.25, 0.3) is 0 Å². The minimum Gasteiger partial charge on any atom is -0.449 e. The summed E-state index contributed by atoms with van der Waals surface area (Å²) in [6.45, 7) is 3.00. The van der Waals surface area contributed by atoms with Crippen LogP contribution in [0.15, 0.2) is 48.5 Å². The molecule has 110 valence electrons. The van der Waals surface area contributed by atoms with Gasteiger partial charge >= 0.3 is 6.16 Å². The maximum absolute atomic E-state index is 10.6. The van der Waals surface area contributed by atoms with Gasteiger partial charge in [-0.05, 0) is 36.1 Å². The van der Waals surface area contributed by atoms with Crippen LogP contribution in [-0.2, 0) is 17.8 Å². The van der Waals surface area contributed by atoms with Gasteiger partial charge in [0.05, 0.1) is 13.2 Å². The number of rotatable bonds is 6. The zero-order chi connectivity index (χ0) is 15.1. The third-order valence-electron chi connectivity index (χ3n) is 3.22. The quantitative estimate of drug-likeness (QED) is 0.498. The van der Waals surface area contributed by atoms with Gasteiger partial charge in [0, 0.05) is 0 Å². The molecule has 2 rings (SSSR count). The zero-order valence-corrected chi connectivity index (χ0v) is 11.9. The molecule has 0 atom stereocenters. The van der Waals surface area contributed by atoms with E-state index in [0.29, 0.717) is 19.0 Å². The van der Waals surface area contributed by atoms with E-state index >= 15 is 0 Å². The van der Waals surface area contributed by atoms with Gasteiger partial charge in [0.1, 0.15) is 5.75 Å². The lowest BCUT2D eigenvalue weighted by molar-refractivity contribution is 0.123. The molecule has 0 unspecified atom stereocenters. The first-order valence-corrected chi connectivity index (χ1v) is 6.78. The lowest BCUT2D eigenvalue weighted by atomic mass is 10.1. The second kappa shape index (κ2) is 7.45. The van der Waals surface area contributed by atoms with E-state index in [9.17, 15) is 4.79 Å². The molecule has 0 bridgehead atoms. The van der Waals surface area contributed by atoms with Gasteiger partial charge in [-0.15, -0.1) is 0 Å². The number of ether oxygens (including phenoxy) is 2. The molecule has 0 aromatic heterocycles. The van der Waals surface area contributed by atoms with Crippen molar-refractivity contribution in [3.05, 3.63) is 65.2 Å². The molecule has 0 aliphatic rings. The number of carboxylic acid groups (broad SMARTS) is 1. The molecule has 2 aromatic rings. The number of hydrogen-bond donors (Lipinski definition) is 1. The third-order valence-corrected chi connectivity index (χ3v) is 3.22. The topological polar surface area (TPSA) is 55.8 Å². The summed E-state index contributed by atoms with van der Waals surface area (Å²) in [6, 6.07) is 15.4. The Morgan fingerprint density at radius 2 is 1.86 bits per heavy atom. The van der Waals surface area contributed by atoms with Gasteiger partial charge in [0.2, 0.25) is 0 Å². The number of hydrogen-bond acceptors (Lipinski definition) is 3. The van der Waals surface area contributed by atoms with E-state index in [1.807, 2.05) is 43.3 Å². The molecule has 0 aliphatic heterocycles. The smallest absolute Gasteiger partial charge is 0.449 e. The SMILES string of the molecule is Cc1c(CCOCc2ccccc2)cccc1OC(=O)O. The lowest BCUT2D eigenvalue weighted by Gasteiger charge is -2.10. The Labute approximate surface area is 123 Å². The minimum absolute atomic E-state index is 0.378. The van der Waals surface area contributed by atoms with Crippen LogP contribution in [0.4, 0.5) is 4.79 Å². The molecule has 0 heterocycles. The van der Waals surface area contributed by atoms with Crippen molar-refractivity contribution < 1.29 is 19.4 Å². The van der Waals surface area contributed by atoms with Crippen molar-refractivity contribution >= 4 is 6.16 Å². The maximum Gasteiger partial charge on any atom is 0.511 e. The summed E-state index contributed by atoms with van der Waals surface area (Å²) in [5.41, 5.74) is 3.00. The highest BCUT2D eigenvalue weighted by molar-refractivity contribution is 5.62. The summed E-state index contributed by atoms with van der Waals surface area (Å²) in [6.07, 6.45) is -0.578. The monoisotopic (exact) mass is 286 g/mol. The summed E-state index contributed by atoms with van der Waals surface area (Å²) in [5.74, 6) is 0.378. The summed E-state index contributed by atoms with van der Waals surface area (Å²) in [4.78, 5) is 10.6. The molecular weight excluding hydrogens is 268 g/mol. The van der Waals surface area contributed by atoms with E-state index in [2.05, 4.69) is 0 Å². The van der Waals surface area contributed by atoms with E-state index in [4.69, 9.17) is 14.6 Å². The van der Waals surface area contributed by atoms with Gasteiger partial charge in [-0.3, -0.25) is 0 Å². The molecule has 1 N–H and O–H groups in total. The zero-order valence-electron chi connectivity index (χ0n) is 11.9. The molecule has 4 nitrogen and oxygen atoms in total. The molecule has 2 aromatic carbocycles. The molecule has 4 heteroatoms. The highest BCUT2D eigenvalue weighted by atomic mass is 16.7. The second-order valence-corrected chi connectivity index (χ2v) is 4.70. The van der Waals surface area contributed by atoms with Gasteiger partial charge < -0.3 is 14.6 Å². The first kappa shape index (κ1) is 15.1. The largest absolute Gasteiger partial charge is 0.511 e. The van der Waals surface area contributed by atoms with Crippen LogP contribution < -0.4 is 4.74 Å². The second-order valence-electron chi connectivity index (χ2n) is 4.70. The third kappa shape index (κ3) is 4.61. The van der Waals surface area contributed by atoms with Gasteiger partial charge in [-0.25, -0.2) is 4.79 Å². The first-order valence-electron chi connectivity index (χ1n) is 6.78. The molecule has 0 saturated heterocycles. The van der Waals surface area contributed by atoms with E-state index in [1.165, 1.54) is 0 Å². The van der Waals surface area contributed by atoms with Crippen molar-refractivity contribution in [3.63, 3.8) is 0 Å². The molecule has 0 fully saturated rings. The Bertz CT molecular complexity index is 593.